The average Bonchev–Trinajstić information content (AvgIpc) is 3.10. The molecule has 1 aliphatic heterocycles. The molecule has 0 N–H and O–H groups in total. The van der Waals surface area contributed by atoms with Crippen LogP contribution in [0, 0.1) is 0 Å². The summed E-state index contributed by atoms with van der Waals surface area (Å²) in [5.74, 6) is 1.06. The molecule has 0 radical (unpaired) electrons. The summed E-state index contributed by atoms with van der Waals surface area (Å²) in [6, 6.07) is 18.0. The summed E-state index contributed by atoms with van der Waals surface area (Å²) in [6.07, 6.45) is 2.34. The van der Waals surface area contributed by atoms with Gasteiger partial charge in [-0.2, -0.15) is 0 Å². The van der Waals surface area contributed by atoms with Gasteiger partial charge in [0.2, 0.25) is 6.34 Å². The second-order valence-electron chi connectivity index (χ2n) is 7.73. The van der Waals surface area contributed by atoms with E-state index >= 15 is 0 Å². The number of anilines is 1. The van der Waals surface area contributed by atoms with Gasteiger partial charge in [0.25, 0.3) is 0 Å². The molecule has 0 unspecified atom stereocenters. The van der Waals surface area contributed by atoms with Gasteiger partial charge in [-0.05, 0) is 24.3 Å². The standard InChI is InChI=1S/C23H31N2/c1-17(2)21-12-9-13-22(18(3)4)23(21)25-15-14-24(16-25)19(5)20-10-7-6-8-11-20/h6-13,16-19H,14-15H2,1-5H3/q+1/t19-/m1/s1. The Labute approximate surface area is 152 Å². The van der Waals surface area contributed by atoms with Crippen LogP contribution in [0.5, 0.6) is 0 Å². The fourth-order valence-electron chi connectivity index (χ4n) is 3.75. The Hall–Kier alpha value is -2.09. The molecule has 2 nitrogen and oxygen atoms in total. The van der Waals surface area contributed by atoms with Crippen molar-refractivity contribution in [3.05, 3.63) is 65.2 Å². The third-order valence-electron chi connectivity index (χ3n) is 5.30. The van der Waals surface area contributed by atoms with Crippen molar-refractivity contribution in [2.75, 3.05) is 18.0 Å². The molecule has 0 aliphatic carbocycles. The highest BCUT2D eigenvalue weighted by molar-refractivity contribution is 5.81. The predicted molar refractivity (Wildman–Crippen MR) is 108 cm³/mol. The molecule has 3 rings (SSSR count). The van der Waals surface area contributed by atoms with Crippen molar-refractivity contribution in [3.8, 4) is 0 Å². The minimum Gasteiger partial charge on any atom is -0.257 e. The Morgan fingerprint density at radius 2 is 1.40 bits per heavy atom. The highest BCUT2D eigenvalue weighted by Gasteiger charge is 2.30. The van der Waals surface area contributed by atoms with Crippen LogP contribution < -0.4 is 4.90 Å². The Bertz CT molecular complexity index is 718. The summed E-state index contributed by atoms with van der Waals surface area (Å²) in [5, 5.41) is 0. The van der Waals surface area contributed by atoms with Crippen LogP contribution in [0.25, 0.3) is 0 Å². The number of benzene rings is 2. The van der Waals surface area contributed by atoms with Gasteiger partial charge in [0.05, 0.1) is 0 Å². The van der Waals surface area contributed by atoms with Gasteiger partial charge in [-0.15, -0.1) is 0 Å². The number of hydrogen-bond donors (Lipinski definition) is 0. The lowest BCUT2D eigenvalue weighted by Crippen LogP contribution is -2.22. The van der Waals surface area contributed by atoms with E-state index < -0.39 is 0 Å². The molecule has 2 heteroatoms. The first-order chi connectivity index (χ1) is 12.0. The largest absolute Gasteiger partial charge is 0.257 e. The number of nitrogens with zero attached hydrogens (tertiary/aromatic N) is 2. The van der Waals surface area contributed by atoms with Crippen molar-refractivity contribution in [1.29, 1.82) is 0 Å². The van der Waals surface area contributed by atoms with E-state index in [2.05, 4.69) is 99.0 Å². The quantitative estimate of drug-likeness (QED) is 0.649. The first-order valence-corrected chi connectivity index (χ1v) is 9.54. The minimum atomic E-state index is 0.403. The van der Waals surface area contributed by atoms with Gasteiger partial charge in [-0.1, -0.05) is 76.2 Å². The summed E-state index contributed by atoms with van der Waals surface area (Å²) >= 11 is 0. The first kappa shape index (κ1) is 17.7. The molecular weight excluding hydrogens is 304 g/mol. The lowest BCUT2D eigenvalue weighted by atomic mass is 9.92. The fraction of sp³-hybridized carbons (Fsp3) is 0.435. The molecule has 0 aromatic heterocycles. The molecule has 0 saturated carbocycles. The molecule has 1 aliphatic rings. The third kappa shape index (κ3) is 3.63. The van der Waals surface area contributed by atoms with Crippen LogP contribution in [0.2, 0.25) is 0 Å². The molecule has 0 saturated heterocycles. The van der Waals surface area contributed by atoms with Crippen LogP contribution in [0.15, 0.2) is 48.5 Å². The van der Waals surface area contributed by atoms with E-state index in [1.54, 1.807) is 0 Å². The minimum absolute atomic E-state index is 0.403. The average molecular weight is 336 g/mol. The molecule has 1 atom stereocenters. The molecule has 2 aromatic rings. The summed E-state index contributed by atoms with van der Waals surface area (Å²) < 4.78 is 2.47. The second-order valence-corrected chi connectivity index (χ2v) is 7.73. The summed E-state index contributed by atoms with van der Waals surface area (Å²) in [5.41, 5.74) is 5.71. The van der Waals surface area contributed by atoms with Crippen molar-refractivity contribution in [2.45, 2.75) is 52.5 Å². The highest BCUT2D eigenvalue weighted by Crippen LogP contribution is 2.35. The predicted octanol–water partition coefficient (Wildman–Crippen LogP) is 5.56. The molecule has 0 fully saturated rings. The van der Waals surface area contributed by atoms with Crippen molar-refractivity contribution < 1.29 is 4.58 Å². The van der Waals surface area contributed by atoms with Gasteiger partial charge in [-0.3, -0.25) is 4.58 Å². The van der Waals surface area contributed by atoms with Gasteiger partial charge < -0.3 is 0 Å². The smallest absolute Gasteiger partial charge is 0.240 e. The zero-order chi connectivity index (χ0) is 18.0. The van der Waals surface area contributed by atoms with E-state index in [0.717, 1.165) is 13.1 Å². The summed E-state index contributed by atoms with van der Waals surface area (Å²) in [4.78, 5) is 2.48. The van der Waals surface area contributed by atoms with Crippen molar-refractivity contribution in [2.24, 2.45) is 0 Å². The lowest BCUT2D eigenvalue weighted by molar-refractivity contribution is -0.555. The van der Waals surface area contributed by atoms with Crippen LogP contribution in [0.3, 0.4) is 0 Å². The van der Waals surface area contributed by atoms with Crippen molar-refractivity contribution in [1.82, 2.24) is 0 Å². The van der Waals surface area contributed by atoms with E-state index in [9.17, 15) is 0 Å². The molecule has 2 aromatic carbocycles. The lowest BCUT2D eigenvalue weighted by Gasteiger charge is -2.20. The summed E-state index contributed by atoms with van der Waals surface area (Å²) in [7, 11) is 0. The maximum Gasteiger partial charge on any atom is 0.240 e. The molecule has 1 heterocycles. The van der Waals surface area contributed by atoms with Gasteiger partial charge in [0.1, 0.15) is 24.8 Å². The molecular formula is C23H31N2+. The Morgan fingerprint density at radius 3 is 1.96 bits per heavy atom. The number of hydrogen-bond acceptors (Lipinski definition) is 1. The van der Waals surface area contributed by atoms with Crippen molar-refractivity contribution in [3.63, 3.8) is 0 Å². The fourth-order valence-corrected chi connectivity index (χ4v) is 3.75. The van der Waals surface area contributed by atoms with Gasteiger partial charge in [0.15, 0.2) is 0 Å². The van der Waals surface area contributed by atoms with Gasteiger partial charge >= 0.3 is 0 Å². The van der Waals surface area contributed by atoms with Crippen LogP contribution in [-0.2, 0) is 0 Å². The monoisotopic (exact) mass is 335 g/mol. The number of para-hydroxylation sites is 1. The Morgan fingerprint density at radius 1 is 0.800 bits per heavy atom. The topological polar surface area (TPSA) is 6.25 Å². The molecule has 132 valence electrons. The zero-order valence-electron chi connectivity index (χ0n) is 16.2. The first-order valence-electron chi connectivity index (χ1n) is 9.54. The number of rotatable bonds is 5. The molecule has 0 bridgehead atoms. The Balaban J connectivity index is 1.97. The van der Waals surface area contributed by atoms with Gasteiger partial charge in [-0.25, -0.2) is 4.90 Å². The van der Waals surface area contributed by atoms with E-state index in [4.69, 9.17) is 0 Å². The Kier molecular flexibility index (Phi) is 5.27. The maximum atomic E-state index is 2.48. The molecule has 0 amide bonds. The maximum absolute atomic E-state index is 2.48. The van der Waals surface area contributed by atoms with Crippen LogP contribution in [0.4, 0.5) is 5.69 Å². The van der Waals surface area contributed by atoms with E-state index in [1.165, 1.54) is 22.4 Å². The van der Waals surface area contributed by atoms with E-state index in [1.807, 2.05) is 0 Å². The zero-order valence-corrected chi connectivity index (χ0v) is 16.2. The van der Waals surface area contributed by atoms with E-state index in [-0.39, 0.29) is 0 Å². The SMILES string of the molecule is CC(C)c1cccc(C(C)C)c1N1C=[N+]([C@H](C)c2ccccc2)CC1. The molecule has 25 heavy (non-hydrogen) atoms. The van der Waals surface area contributed by atoms with Gasteiger partial charge in [0, 0.05) is 11.1 Å². The molecule has 0 spiro atoms. The van der Waals surface area contributed by atoms with Crippen LogP contribution in [-0.4, -0.2) is 24.0 Å². The van der Waals surface area contributed by atoms with Crippen LogP contribution >= 0.6 is 0 Å². The highest BCUT2D eigenvalue weighted by atomic mass is 15.3. The normalized spacial score (nSPS) is 15.8. The van der Waals surface area contributed by atoms with Crippen molar-refractivity contribution >= 4 is 12.0 Å². The van der Waals surface area contributed by atoms with E-state index in [0.29, 0.717) is 17.9 Å². The second kappa shape index (κ2) is 7.43. The summed E-state index contributed by atoms with van der Waals surface area (Å²) in [6.45, 7) is 13.6. The third-order valence-corrected chi connectivity index (χ3v) is 5.30. The van der Waals surface area contributed by atoms with Crippen LogP contribution in [0.1, 0.15) is 69.2 Å².